The van der Waals surface area contributed by atoms with E-state index in [2.05, 4.69) is 48.1 Å². The predicted molar refractivity (Wildman–Crippen MR) is 161 cm³/mol. The second-order valence-electron chi connectivity index (χ2n) is 13.7. The number of aliphatic hydroxyl groups is 1. The van der Waals surface area contributed by atoms with E-state index in [9.17, 15) is 9.90 Å². The molecular weight excluding hydrogens is 526 g/mol. The highest BCUT2D eigenvalue weighted by molar-refractivity contribution is 5.93. The molecule has 222 valence electrons. The van der Waals surface area contributed by atoms with Gasteiger partial charge in [0.05, 0.1) is 24.4 Å². The van der Waals surface area contributed by atoms with Crippen molar-refractivity contribution in [3.8, 4) is 0 Å². The number of rotatable bonds is 8. The quantitative estimate of drug-likeness (QED) is 0.349. The number of amides is 1. The Bertz CT molecular complexity index is 1360. The number of carbonyl (C=O) groups is 1. The topological polar surface area (TPSA) is 83.9 Å². The van der Waals surface area contributed by atoms with Gasteiger partial charge < -0.3 is 19.9 Å². The molecule has 0 radical (unpaired) electrons. The van der Waals surface area contributed by atoms with Gasteiger partial charge in [-0.25, -0.2) is 0 Å². The number of fused-ring (bicyclic) bond motifs is 2. The zero-order valence-electron chi connectivity index (χ0n) is 25.0. The fraction of sp³-hybridized carbons (Fsp3) is 0.486. The highest BCUT2D eigenvalue weighted by Gasteiger charge is 2.50. The first kappa shape index (κ1) is 29.0. The van der Waals surface area contributed by atoms with Gasteiger partial charge in [0, 0.05) is 50.1 Å². The number of nitrogens with zero attached hydrogens (tertiary/aromatic N) is 2. The van der Waals surface area contributed by atoms with Crippen molar-refractivity contribution in [1.29, 1.82) is 0 Å². The van der Waals surface area contributed by atoms with E-state index in [1.807, 2.05) is 36.4 Å². The van der Waals surface area contributed by atoms with Crippen LogP contribution in [-0.4, -0.2) is 46.1 Å². The van der Waals surface area contributed by atoms with Gasteiger partial charge in [0.2, 0.25) is 0 Å². The van der Waals surface area contributed by atoms with Gasteiger partial charge >= 0.3 is 0 Å². The lowest BCUT2D eigenvalue weighted by Gasteiger charge is -2.41. The molecule has 1 aromatic heterocycles. The summed E-state index contributed by atoms with van der Waals surface area (Å²) in [6.45, 7) is 9.78. The molecule has 3 aliphatic rings. The number of nitrogens with one attached hydrogen (secondary N) is 1. The Hall–Kier alpha value is -3.10. The van der Waals surface area contributed by atoms with Crippen molar-refractivity contribution < 1.29 is 19.4 Å². The van der Waals surface area contributed by atoms with E-state index in [-0.39, 0.29) is 24.7 Å². The molecule has 7 nitrogen and oxygen atoms in total. The summed E-state index contributed by atoms with van der Waals surface area (Å²) in [7, 11) is 0. The molecule has 3 aromatic rings. The van der Waals surface area contributed by atoms with Crippen LogP contribution < -0.4 is 5.32 Å². The van der Waals surface area contributed by atoms with Crippen LogP contribution in [0.3, 0.4) is 0 Å². The maximum atomic E-state index is 12.4. The molecule has 6 rings (SSSR count). The van der Waals surface area contributed by atoms with E-state index >= 15 is 0 Å². The van der Waals surface area contributed by atoms with Crippen LogP contribution >= 0.6 is 0 Å². The highest BCUT2D eigenvalue weighted by atomic mass is 16.7. The third-order valence-electron chi connectivity index (χ3n) is 9.20. The smallest absolute Gasteiger partial charge is 0.253 e. The molecule has 7 heteroatoms. The van der Waals surface area contributed by atoms with Crippen molar-refractivity contribution in [3.05, 3.63) is 101 Å². The average molecular weight is 570 g/mol. The van der Waals surface area contributed by atoms with Crippen molar-refractivity contribution >= 4 is 5.91 Å². The van der Waals surface area contributed by atoms with Gasteiger partial charge in [-0.15, -0.1) is 0 Å². The summed E-state index contributed by atoms with van der Waals surface area (Å²) >= 11 is 0. The summed E-state index contributed by atoms with van der Waals surface area (Å²) in [6.07, 6.45) is 7.24. The van der Waals surface area contributed by atoms with Crippen LogP contribution in [0.5, 0.6) is 0 Å². The minimum Gasteiger partial charge on any atom is -0.392 e. The van der Waals surface area contributed by atoms with Crippen molar-refractivity contribution in [1.82, 2.24) is 15.2 Å². The van der Waals surface area contributed by atoms with E-state index in [0.29, 0.717) is 29.0 Å². The Kier molecular flexibility index (Phi) is 8.20. The third kappa shape index (κ3) is 6.60. The number of pyridine rings is 1. The number of carbonyl (C=O) groups excluding carboxylic acids is 1. The molecule has 2 aromatic carbocycles. The predicted octanol–water partition coefficient (Wildman–Crippen LogP) is 5.95. The second kappa shape index (κ2) is 11.9. The summed E-state index contributed by atoms with van der Waals surface area (Å²) in [4.78, 5) is 19.1. The maximum absolute atomic E-state index is 12.4. The summed E-state index contributed by atoms with van der Waals surface area (Å²) in [5.41, 5.74) is 5.26. The minimum absolute atomic E-state index is 0.0284. The summed E-state index contributed by atoms with van der Waals surface area (Å²) in [5, 5.41) is 12.5. The first-order chi connectivity index (χ1) is 20.2. The lowest BCUT2D eigenvalue weighted by molar-refractivity contribution is -0.253. The lowest BCUT2D eigenvalue weighted by Crippen LogP contribution is -2.42. The Morgan fingerprint density at radius 1 is 1.00 bits per heavy atom. The van der Waals surface area contributed by atoms with Crippen LogP contribution in [0, 0.1) is 10.8 Å². The standard InChI is InChI=1S/C35H43N3O4/c1-34(2)16-29-17-35(3,22-34)23-38(29)20-30-15-31(26-10-8-25(21-39)9-11-26)42-33(41-30)27-12-6-24(7-13-27)18-37-32(40)28-5-4-14-36-19-28/h4-14,19,29-31,33,39H,15-18,20-23H2,1-3H3,(H,37,40)/t29?,30-,31+,33+,35?/m0/s1. The normalized spacial score (nSPS) is 28.9. The van der Waals surface area contributed by atoms with E-state index in [1.54, 1.807) is 24.5 Å². The number of ether oxygens (including phenoxy) is 2. The van der Waals surface area contributed by atoms with Gasteiger partial charge in [-0.2, -0.15) is 0 Å². The van der Waals surface area contributed by atoms with Crippen LogP contribution in [0.4, 0.5) is 0 Å². The molecule has 3 heterocycles. The van der Waals surface area contributed by atoms with Gasteiger partial charge in [0.1, 0.15) is 0 Å². The molecule has 2 bridgehead atoms. The molecule has 5 atom stereocenters. The number of aliphatic hydroxyl groups excluding tert-OH is 1. The average Bonchev–Trinajstić information content (AvgIpc) is 3.23. The number of hydrogen-bond donors (Lipinski definition) is 2. The van der Waals surface area contributed by atoms with Gasteiger partial charge in [0.15, 0.2) is 6.29 Å². The molecule has 42 heavy (non-hydrogen) atoms. The number of benzene rings is 2. The second-order valence-corrected chi connectivity index (χ2v) is 13.7. The fourth-order valence-electron chi connectivity index (χ4n) is 7.66. The van der Waals surface area contributed by atoms with Crippen LogP contribution in [0.15, 0.2) is 73.1 Å². The number of hydrogen-bond acceptors (Lipinski definition) is 6. The Labute approximate surface area is 249 Å². The Morgan fingerprint density at radius 3 is 2.45 bits per heavy atom. The molecule has 2 N–H and O–H groups in total. The van der Waals surface area contributed by atoms with E-state index < -0.39 is 6.29 Å². The van der Waals surface area contributed by atoms with Crippen molar-refractivity contribution in [3.63, 3.8) is 0 Å². The van der Waals surface area contributed by atoms with Crippen LogP contribution in [0.1, 0.15) is 91.5 Å². The third-order valence-corrected chi connectivity index (χ3v) is 9.20. The summed E-state index contributed by atoms with van der Waals surface area (Å²) in [6, 6.07) is 20.3. The SMILES string of the molecule is CC1(C)CC2CC(C)(CN2C[C@@H]2C[C@H](c3ccc(CO)cc3)O[C@H](c3ccc(CNC(=O)c4cccnc4)cc3)O2)C1. The van der Waals surface area contributed by atoms with Gasteiger partial charge in [0.25, 0.3) is 5.91 Å². The highest BCUT2D eigenvalue weighted by Crippen LogP contribution is 2.53. The fourth-order valence-corrected chi connectivity index (χ4v) is 7.66. The van der Waals surface area contributed by atoms with Crippen molar-refractivity contribution in [2.45, 2.75) is 84.1 Å². The van der Waals surface area contributed by atoms with Crippen LogP contribution in [-0.2, 0) is 22.6 Å². The van der Waals surface area contributed by atoms with E-state index in [0.717, 1.165) is 41.8 Å². The molecule has 2 aliphatic heterocycles. The molecule has 3 fully saturated rings. The summed E-state index contributed by atoms with van der Waals surface area (Å²) in [5.74, 6) is -0.146. The molecule has 1 amide bonds. The number of aromatic nitrogens is 1. The first-order valence-electron chi connectivity index (χ1n) is 15.2. The lowest BCUT2D eigenvalue weighted by atomic mass is 9.65. The molecule has 2 unspecified atom stereocenters. The molecule has 1 saturated carbocycles. The molecule has 1 aliphatic carbocycles. The zero-order chi connectivity index (χ0) is 29.3. The monoisotopic (exact) mass is 569 g/mol. The Balaban J connectivity index is 1.16. The van der Waals surface area contributed by atoms with E-state index in [1.165, 1.54) is 19.3 Å². The molecular formula is C35H43N3O4. The largest absolute Gasteiger partial charge is 0.392 e. The van der Waals surface area contributed by atoms with Gasteiger partial charge in [-0.1, -0.05) is 69.3 Å². The van der Waals surface area contributed by atoms with Crippen molar-refractivity contribution in [2.75, 3.05) is 13.1 Å². The Morgan fingerprint density at radius 2 is 1.74 bits per heavy atom. The summed E-state index contributed by atoms with van der Waals surface area (Å²) < 4.78 is 13.3. The van der Waals surface area contributed by atoms with E-state index in [4.69, 9.17) is 9.47 Å². The van der Waals surface area contributed by atoms with Crippen LogP contribution in [0.25, 0.3) is 0 Å². The van der Waals surface area contributed by atoms with Gasteiger partial charge in [-0.3, -0.25) is 14.7 Å². The molecule has 0 spiro atoms. The zero-order valence-corrected chi connectivity index (χ0v) is 25.0. The molecule has 2 saturated heterocycles. The maximum Gasteiger partial charge on any atom is 0.253 e. The van der Waals surface area contributed by atoms with Gasteiger partial charge in [-0.05, 0) is 58.9 Å². The minimum atomic E-state index is -0.487. The van der Waals surface area contributed by atoms with Crippen LogP contribution in [0.2, 0.25) is 0 Å². The number of likely N-dealkylation sites (tertiary alicyclic amines) is 1. The van der Waals surface area contributed by atoms with Crippen molar-refractivity contribution in [2.24, 2.45) is 10.8 Å². The first-order valence-corrected chi connectivity index (χ1v) is 15.2.